The van der Waals surface area contributed by atoms with E-state index in [0.717, 1.165) is 0 Å². The molecule has 4 N–H and O–H groups in total. The maximum Gasteiger partial charge on any atom is 0.250 e. The van der Waals surface area contributed by atoms with E-state index in [9.17, 15) is 24.6 Å². The van der Waals surface area contributed by atoms with Gasteiger partial charge in [-0.1, -0.05) is 17.7 Å². The van der Waals surface area contributed by atoms with E-state index in [0.29, 0.717) is 21.8 Å². The monoisotopic (exact) mass is 471 g/mol. The zero-order valence-corrected chi connectivity index (χ0v) is 18.4. The molecule has 2 saturated heterocycles. The Balaban J connectivity index is 1.61. The Morgan fingerprint density at radius 3 is 2.61 bits per heavy atom. The van der Waals surface area contributed by atoms with Crippen LogP contribution < -0.4 is 10.6 Å². The highest BCUT2D eigenvalue weighted by atomic mass is 35.5. The Hall–Kier alpha value is -3.14. The normalized spacial score (nSPS) is 27.9. The van der Waals surface area contributed by atoms with Crippen molar-refractivity contribution in [3.05, 3.63) is 52.5 Å². The summed E-state index contributed by atoms with van der Waals surface area (Å²) in [4.78, 5) is 41.5. The van der Waals surface area contributed by atoms with E-state index in [1.54, 1.807) is 24.3 Å². The fourth-order valence-electron chi connectivity index (χ4n) is 5.36. The van der Waals surface area contributed by atoms with Crippen LogP contribution in [0.15, 0.2) is 36.4 Å². The van der Waals surface area contributed by atoms with E-state index in [-0.39, 0.29) is 37.0 Å². The molecule has 0 radical (unpaired) electrons. The number of likely N-dealkylation sites (tertiary alicyclic amines) is 1. The lowest BCUT2D eigenvalue weighted by Crippen LogP contribution is -2.53. The van der Waals surface area contributed by atoms with Crippen molar-refractivity contribution in [1.82, 2.24) is 10.2 Å². The quantitative estimate of drug-likeness (QED) is 0.383. The van der Waals surface area contributed by atoms with Gasteiger partial charge in [0.2, 0.25) is 17.7 Å². The topological polar surface area (TPSA) is 128 Å². The van der Waals surface area contributed by atoms with Crippen LogP contribution in [0.1, 0.15) is 11.1 Å². The van der Waals surface area contributed by atoms with Crippen molar-refractivity contribution in [2.24, 2.45) is 11.8 Å². The number of carbonyl (C=O) groups is 3. The van der Waals surface area contributed by atoms with Crippen molar-refractivity contribution >= 4 is 35.0 Å². The first-order valence-corrected chi connectivity index (χ1v) is 10.9. The molecular weight excluding hydrogens is 450 g/mol. The van der Waals surface area contributed by atoms with Crippen LogP contribution in [-0.2, 0) is 31.1 Å². The summed E-state index contributed by atoms with van der Waals surface area (Å²) >= 11 is 6.24. The van der Waals surface area contributed by atoms with Gasteiger partial charge in [-0.3, -0.25) is 24.6 Å². The van der Waals surface area contributed by atoms with E-state index in [1.807, 2.05) is 0 Å². The molecule has 0 saturated carbocycles. The molecule has 3 heterocycles. The Morgan fingerprint density at radius 2 is 1.88 bits per heavy atom. The lowest BCUT2D eigenvalue weighted by molar-refractivity contribution is -0.143. The van der Waals surface area contributed by atoms with Crippen molar-refractivity contribution in [3.63, 3.8) is 0 Å². The van der Waals surface area contributed by atoms with Crippen LogP contribution in [-0.4, -0.2) is 59.1 Å². The maximum absolute atomic E-state index is 13.5. The number of nitrogens with zero attached hydrogens (tertiary/aromatic N) is 1. The van der Waals surface area contributed by atoms with Gasteiger partial charge in [0.25, 0.3) is 0 Å². The molecule has 172 valence electrons. The average Bonchev–Trinajstić information content (AvgIpc) is 3.34. The molecule has 2 aromatic rings. The standard InChI is InChI=1S/C23H22ClN3O6/c1-33-7-6-27-20(30)18-15(8-11-2-5-16(28)17(29)9-11)26-23(19(18)21(27)31)13-10-12(24)3-4-14(13)25-22(23)32/h2-5,9-10,15,18-19,26,28-29H,6-8H2,1H3,(H,25,32)/t15-,18-,19-,23+/m0/s1. The summed E-state index contributed by atoms with van der Waals surface area (Å²) in [6.07, 6.45) is 0.247. The molecule has 0 aromatic heterocycles. The number of nitrogens with one attached hydrogen (secondary N) is 2. The van der Waals surface area contributed by atoms with Crippen molar-refractivity contribution < 1.29 is 29.3 Å². The number of carbonyl (C=O) groups excluding carboxylic acids is 3. The predicted octanol–water partition coefficient (Wildman–Crippen LogP) is 1.36. The Bertz CT molecular complexity index is 1190. The number of methoxy groups -OCH3 is 1. The molecular formula is C23H22ClN3O6. The summed E-state index contributed by atoms with van der Waals surface area (Å²) in [5, 5.41) is 26.1. The minimum absolute atomic E-state index is 0.0913. The fourth-order valence-corrected chi connectivity index (χ4v) is 5.53. The number of halogens is 1. The second-order valence-electron chi connectivity index (χ2n) is 8.55. The summed E-state index contributed by atoms with van der Waals surface area (Å²) in [5.41, 5.74) is 0.247. The Labute approximate surface area is 194 Å². The minimum Gasteiger partial charge on any atom is -0.504 e. The van der Waals surface area contributed by atoms with E-state index in [4.69, 9.17) is 16.3 Å². The predicted molar refractivity (Wildman–Crippen MR) is 118 cm³/mol. The molecule has 10 heteroatoms. The van der Waals surface area contributed by atoms with Crippen LogP contribution in [0, 0.1) is 11.8 Å². The first kappa shape index (κ1) is 21.7. The number of hydrogen-bond acceptors (Lipinski definition) is 7. The van der Waals surface area contributed by atoms with Gasteiger partial charge in [0.1, 0.15) is 5.54 Å². The van der Waals surface area contributed by atoms with Crippen LogP contribution in [0.3, 0.4) is 0 Å². The number of rotatable bonds is 5. The van der Waals surface area contributed by atoms with Gasteiger partial charge in [-0.15, -0.1) is 0 Å². The van der Waals surface area contributed by atoms with E-state index < -0.39 is 35.2 Å². The van der Waals surface area contributed by atoms with Gasteiger partial charge < -0.3 is 20.3 Å². The molecule has 3 aliphatic rings. The first-order chi connectivity index (χ1) is 15.8. The van der Waals surface area contributed by atoms with E-state index in [1.165, 1.54) is 24.1 Å². The van der Waals surface area contributed by atoms with Crippen LogP contribution in [0.4, 0.5) is 5.69 Å². The van der Waals surface area contributed by atoms with Crippen LogP contribution in [0.2, 0.25) is 5.02 Å². The van der Waals surface area contributed by atoms with E-state index >= 15 is 0 Å². The van der Waals surface area contributed by atoms with E-state index in [2.05, 4.69) is 10.6 Å². The summed E-state index contributed by atoms with van der Waals surface area (Å²) in [6, 6.07) is 8.77. The molecule has 1 spiro atoms. The SMILES string of the molecule is COCCN1C(=O)[C@H]2[C@H](Cc3ccc(O)c(O)c3)N[C@@]3(C(=O)Nc4ccc(Cl)cc43)[C@@H]2C1=O. The Morgan fingerprint density at radius 1 is 1.09 bits per heavy atom. The number of amides is 3. The summed E-state index contributed by atoms with van der Waals surface area (Å²) in [5.74, 6) is -3.54. The lowest BCUT2D eigenvalue weighted by Gasteiger charge is -2.29. The molecule has 9 nitrogen and oxygen atoms in total. The smallest absolute Gasteiger partial charge is 0.250 e. The molecule has 3 amide bonds. The number of benzene rings is 2. The van der Waals surface area contributed by atoms with Gasteiger partial charge in [-0.25, -0.2) is 0 Å². The van der Waals surface area contributed by atoms with Gasteiger partial charge in [0.15, 0.2) is 11.5 Å². The van der Waals surface area contributed by atoms with Gasteiger partial charge >= 0.3 is 0 Å². The van der Waals surface area contributed by atoms with Crippen molar-refractivity contribution in [3.8, 4) is 11.5 Å². The summed E-state index contributed by atoms with van der Waals surface area (Å²) in [7, 11) is 1.48. The number of phenolic OH excluding ortho intramolecular Hbond substituents is 2. The molecule has 5 rings (SSSR count). The number of ether oxygens (including phenoxy) is 1. The third kappa shape index (κ3) is 3.11. The Kier molecular flexibility index (Phi) is 5.08. The van der Waals surface area contributed by atoms with Gasteiger partial charge in [0, 0.05) is 29.4 Å². The molecule has 0 unspecified atom stereocenters. The van der Waals surface area contributed by atoms with Gasteiger partial charge in [-0.2, -0.15) is 0 Å². The van der Waals surface area contributed by atoms with Gasteiger partial charge in [-0.05, 0) is 42.3 Å². The highest BCUT2D eigenvalue weighted by molar-refractivity contribution is 6.31. The van der Waals surface area contributed by atoms with Crippen molar-refractivity contribution in [2.45, 2.75) is 18.0 Å². The van der Waals surface area contributed by atoms with Crippen LogP contribution in [0.5, 0.6) is 11.5 Å². The molecule has 2 fully saturated rings. The number of imide groups is 1. The lowest BCUT2D eigenvalue weighted by atomic mass is 9.76. The van der Waals surface area contributed by atoms with Gasteiger partial charge in [0.05, 0.1) is 25.0 Å². The maximum atomic E-state index is 13.5. The minimum atomic E-state index is -1.46. The highest BCUT2D eigenvalue weighted by Gasteiger charge is 2.70. The molecule has 0 aliphatic carbocycles. The average molecular weight is 472 g/mol. The number of anilines is 1. The number of fused-ring (bicyclic) bond motifs is 4. The number of hydrogen-bond donors (Lipinski definition) is 4. The second kappa shape index (κ2) is 7.72. The van der Waals surface area contributed by atoms with Crippen molar-refractivity contribution in [2.75, 3.05) is 25.6 Å². The summed E-state index contributed by atoms with van der Waals surface area (Å²) in [6.45, 7) is 0.274. The highest BCUT2D eigenvalue weighted by Crippen LogP contribution is 2.53. The fraction of sp³-hybridized carbons (Fsp3) is 0.348. The third-order valence-electron chi connectivity index (χ3n) is 6.78. The van der Waals surface area contributed by atoms with Crippen LogP contribution >= 0.6 is 11.6 Å². The first-order valence-electron chi connectivity index (χ1n) is 10.5. The molecule has 3 aliphatic heterocycles. The zero-order chi connectivity index (χ0) is 23.5. The third-order valence-corrected chi connectivity index (χ3v) is 7.02. The van der Waals surface area contributed by atoms with Crippen LogP contribution in [0.25, 0.3) is 0 Å². The molecule has 33 heavy (non-hydrogen) atoms. The molecule has 0 bridgehead atoms. The number of aromatic hydroxyl groups is 2. The second-order valence-corrected chi connectivity index (χ2v) is 8.99. The van der Waals surface area contributed by atoms with Crippen molar-refractivity contribution in [1.29, 1.82) is 0 Å². The number of phenols is 2. The molecule has 2 aromatic carbocycles. The zero-order valence-electron chi connectivity index (χ0n) is 17.7. The molecule has 4 atom stereocenters. The largest absolute Gasteiger partial charge is 0.504 e. The summed E-state index contributed by atoms with van der Waals surface area (Å²) < 4.78 is 5.07.